The lowest BCUT2D eigenvalue weighted by Crippen LogP contribution is -2.49. The van der Waals surface area contributed by atoms with Crippen LogP contribution in [0.4, 0.5) is 5.82 Å². The Labute approximate surface area is 211 Å². The number of aromatic nitrogens is 1. The minimum Gasteiger partial charge on any atom is -0.459 e. The number of fused-ring (bicyclic) bond motifs is 2. The number of hydrogen-bond acceptors (Lipinski definition) is 5. The third-order valence-electron chi connectivity index (χ3n) is 7.29. The van der Waals surface area contributed by atoms with Gasteiger partial charge >= 0.3 is 0 Å². The summed E-state index contributed by atoms with van der Waals surface area (Å²) in [5, 5.41) is 4.08. The fourth-order valence-electron chi connectivity index (χ4n) is 4.97. The number of amides is 2. The van der Waals surface area contributed by atoms with Gasteiger partial charge in [0, 0.05) is 30.3 Å². The molecule has 1 spiro atoms. The number of carbonyl (C=O) groups excluding carboxylic acids is 2. The molecule has 7 nitrogen and oxygen atoms in total. The number of benzene rings is 1. The first kappa shape index (κ1) is 24.9. The number of para-hydroxylation sites is 1. The molecule has 2 aromatic heterocycles. The van der Waals surface area contributed by atoms with Crippen LogP contribution in [0.3, 0.4) is 0 Å². The van der Waals surface area contributed by atoms with Crippen LogP contribution in [-0.2, 0) is 22.6 Å². The number of furan rings is 1. The summed E-state index contributed by atoms with van der Waals surface area (Å²) in [5.74, 6) is 1.40. The van der Waals surface area contributed by atoms with Crippen LogP contribution in [0.5, 0.6) is 0 Å². The molecule has 1 aromatic carbocycles. The smallest absolute Gasteiger partial charge is 0.246 e. The number of rotatable bonds is 4. The molecule has 0 atom stereocenters. The van der Waals surface area contributed by atoms with Gasteiger partial charge in [-0.2, -0.15) is 0 Å². The van der Waals surface area contributed by atoms with Crippen molar-refractivity contribution in [2.24, 2.45) is 5.41 Å². The highest BCUT2D eigenvalue weighted by molar-refractivity contribution is 5.98. The van der Waals surface area contributed by atoms with E-state index in [0.717, 1.165) is 59.4 Å². The lowest BCUT2D eigenvalue weighted by Gasteiger charge is -2.42. The highest BCUT2D eigenvalue weighted by atomic mass is 35.5. The maximum Gasteiger partial charge on any atom is 0.246 e. The summed E-state index contributed by atoms with van der Waals surface area (Å²) in [5.41, 5.74) is 3.41. The predicted octanol–water partition coefficient (Wildman–Crippen LogP) is 4.44. The zero-order valence-corrected chi connectivity index (χ0v) is 21.2. The summed E-state index contributed by atoms with van der Waals surface area (Å²) in [6.45, 7) is 4.25. The standard InChI is InChI=1S/C27H30N4O3.ClH/c1-18-21-6-4-5-7-22(21)34-23(18)17-31(3)24(32)9-8-19-14-20-15-27(10-12-30(2)13-11-27)26(33)29-25(20)28-16-19;/h4-9,14,16H,10-13,15,17H2,1-3H3,(H,28,29,33);1H/b9-8+;. The average Bonchev–Trinajstić information content (AvgIpc) is 3.15. The molecule has 0 aliphatic carbocycles. The number of pyridine rings is 1. The quantitative estimate of drug-likeness (QED) is 0.542. The topological polar surface area (TPSA) is 78.7 Å². The van der Waals surface area contributed by atoms with Crippen LogP contribution in [0.15, 0.2) is 47.0 Å². The van der Waals surface area contributed by atoms with Crippen molar-refractivity contribution in [3.8, 4) is 0 Å². The summed E-state index contributed by atoms with van der Waals surface area (Å²) in [6, 6.07) is 9.93. The number of aryl methyl sites for hydroxylation is 1. The van der Waals surface area contributed by atoms with E-state index >= 15 is 0 Å². The molecule has 5 rings (SSSR count). The van der Waals surface area contributed by atoms with Gasteiger partial charge < -0.3 is 19.5 Å². The highest BCUT2D eigenvalue weighted by Crippen LogP contribution is 2.40. The van der Waals surface area contributed by atoms with Crippen molar-refractivity contribution in [3.05, 3.63) is 65.1 Å². The Kier molecular flexibility index (Phi) is 7.01. The third-order valence-corrected chi connectivity index (χ3v) is 7.29. The fraction of sp³-hybridized carbons (Fsp3) is 0.370. The molecule has 1 saturated heterocycles. The molecule has 35 heavy (non-hydrogen) atoms. The van der Waals surface area contributed by atoms with Crippen molar-refractivity contribution < 1.29 is 14.0 Å². The Morgan fingerprint density at radius 3 is 2.77 bits per heavy atom. The first-order valence-electron chi connectivity index (χ1n) is 11.7. The molecule has 3 aromatic rings. The van der Waals surface area contributed by atoms with Crippen LogP contribution in [0.2, 0.25) is 0 Å². The van der Waals surface area contributed by atoms with E-state index in [1.54, 1.807) is 30.3 Å². The molecule has 0 bridgehead atoms. The van der Waals surface area contributed by atoms with Gasteiger partial charge in [0.2, 0.25) is 11.8 Å². The predicted molar refractivity (Wildman–Crippen MR) is 139 cm³/mol. The van der Waals surface area contributed by atoms with Gasteiger partial charge in [0.1, 0.15) is 17.2 Å². The van der Waals surface area contributed by atoms with E-state index in [1.165, 1.54) is 0 Å². The Balaban J connectivity index is 0.00000289. The van der Waals surface area contributed by atoms with Gasteiger partial charge in [-0.15, -0.1) is 12.4 Å². The normalized spacial score (nSPS) is 17.3. The molecule has 1 N–H and O–H groups in total. The minimum atomic E-state index is -0.357. The van der Waals surface area contributed by atoms with Crippen LogP contribution >= 0.6 is 12.4 Å². The monoisotopic (exact) mass is 494 g/mol. The molecular formula is C27H31ClN4O3. The summed E-state index contributed by atoms with van der Waals surface area (Å²) in [4.78, 5) is 33.9. The number of piperidine rings is 1. The van der Waals surface area contributed by atoms with Gasteiger partial charge in [-0.25, -0.2) is 4.98 Å². The van der Waals surface area contributed by atoms with Crippen molar-refractivity contribution >= 4 is 47.1 Å². The van der Waals surface area contributed by atoms with Gasteiger partial charge in [-0.3, -0.25) is 9.59 Å². The molecule has 0 unspecified atom stereocenters. The Hall–Kier alpha value is -3.16. The van der Waals surface area contributed by atoms with E-state index in [4.69, 9.17) is 4.42 Å². The second-order valence-electron chi connectivity index (χ2n) is 9.66. The van der Waals surface area contributed by atoms with Crippen LogP contribution < -0.4 is 5.32 Å². The Morgan fingerprint density at radius 2 is 2.03 bits per heavy atom. The molecule has 0 radical (unpaired) electrons. The second-order valence-corrected chi connectivity index (χ2v) is 9.66. The van der Waals surface area contributed by atoms with Crippen molar-refractivity contribution in [1.82, 2.24) is 14.8 Å². The van der Waals surface area contributed by atoms with Crippen molar-refractivity contribution in [3.63, 3.8) is 0 Å². The van der Waals surface area contributed by atoms with E-state index in [-0.39, 0.29) is 29.6 Å². The number of halogens is 1. The van der Waals surface area contributed by atoms with E-state index < -0.39 is 0 Å². The highest BCUT2D eigenvalue weighted by Gasteiger charge is 2.44. The lowest BCUT2D eigenvalue weighted by molar-refractivity contribution is -0.128. The van der Waals surface area contributed by atoms with Gasteiger partial charge in [-0.1, -0.05) is 18.2 Å². The summed E-state index contributed by atoms with van der Waals surface area (Å²) < 4.78 is 5.95. The zero-order chi connectivity index (χ0) is 23.9. The molecule has 4 heterocycles. The van der Waals surface area contributed by atoms with E-state index in [2.05, 4.69) is 22.2 Å². The molecule has 184 valence electrons. The molecule has 2 amide bonds. The van der Waals surface area contributed by atoms with Crippen molar-refractivity contribution in [1.29, 1.82) is 0 Å². The molecule has 0 saturated carbocycles. The van der Waals surface area contributed by atoms with Gasteiger partial charge in [0.05, 0.1) is 12.0 Å². The van der Waals surface area contributed by atoms with Crippen molar-refractivity contribution in [2.45, 2.75) is 32.7 Å². The Morgan fingerprint density at radius 1 is 1.29 bits per heavy atom. The molecule has 8 heteroatoms. The van der Waals surface area contributed by atoms with Gasteiger partial charge in [0.25, 0.3) is 0 Å². The van der Waals surface area contributed by atoms with Gasteiger partial charge in [-0.05, 0) is 75.7 Å². The number of anilines is 1. The van der Waals surface area contributed by atoms with Crippen LogP contribution in [0, 0.1) is 12.3 Å². The SMILES string of the molecule is Cc1c(CN(C)C(=O)/C=C/c2cnc3c(c2)CC2(CCN(C)CC2)C(=O)N3)oc2ccccc12.Cl. The molecule has 2 aliphatic rings. The fourth-order valence-corrected chi connectivity index (χ4v) is 4.97. The maximum atomic E-state index is 12.8. The number of hydrogen-bond donors (Lipinski definition) is 1. The number of carbonyl (C=O) groups is 2. The lowest BCUT2D eigenvalue weighted by atomic mass is 9.71. The first-order chi connectivity index (χ1) is 16.3. The maximum absolute atomic E-state index is 12.8. The van der Waals surface area contributed by atoms with E-state index in [1.807, 2.05) is 37.3 Å². The molecular weight excluding hydrogens is 464 g/mol. The van der Waals surface area contributed by atoms with Crippen LogP contribution in [0.1, 0.15) is 35.3 Å². The summed E-state index contributed by atoms with van der Waals surface area (Å²) in [6.07, 6.45) is 7.43. The van der Waals surface area contributed by atoms with Crippen LogP contribution in [0.25, 0.3) is 17.0 Å². The minimum absolute atomic E-state index is 0. The summed E-state index contributed by atoms with van der Waals surface area (Å²) >= 11 is 0. The third kappa shape index (κ3) is 4.83. The first-order valence-corrected chi connectivity index (χ1v) is 11.7. The Bertz CT molecular complexity index is 1290. The zero-order valence-electron chi connectivity index (χ0n) is 20.3. The molecule has 2 aliphatic heterocycles. The number of nitrogens with one attached hydrogen (secondary N) is 1. The number of nitrogens with zero attached hydrogens (tertiary/aromatic N) is 3. The second kappa shape index (κ2) is 9.84. The number of likely N-dealkylation sites (tertiary alicyclic amines) is 1. The van der Waals surface area contributed by atoms with E-state index in [0.29, 0.717) is 18.8 Å². The summed E-state index contributed by atoms with van der Waals surface area (Å²) in [7, 11) is 3.86. The largest absolute Gasteiger partial charge is 0.459 e. The molecule has 1 fully saturated rings. The average molecular weight is 495 g/mol. The number of likely N-dealkylation sites (N-methyl/N-ethyl adjacent to an activating group) is 1. The van der Waals surface area contributed by atoms with Gasteiger partial charge in [0.15, 0.2) is 0 Å². The van der Waals surface area contributed by atoms with Crippen LogP contribution in [-0.4, -0.2) is 53.8 Å². The van der Waals surface area contributed by atoms with Crippen molar-refractivity contribution in [2.75, 3.05) is 32.5 Å². The van der Waals surface area contributed by atoms with E-state index in [9.17, 15) is 9.59 Å².